The number of carbonyl (C=O) groups is 1. The predicted octanol–water partition coefficient (Wildman–Crippen LogP) is 3.75. The highest BCUT2D eigenvalue weighted by atomic mass is 16.1. The van der Waals surface area contributed by atoms with Crippen LogP contribution in [0.3, 0.4) is 0 Å². The molecule has 1 fully saturated rings. The van der Waals surface area contributed by atoms with Gasteiger partial charge in [-0.05, 0) is 48.6 Å². The van der Waals surface area contributed by atoms with Gasteiger partial charge in [0.1, 0.15) is 0 Å². The van der Waals surface area contributed by atoms with Crippen LogP contribution in [0.5, 0.6) is 0 Å². The molecule has 0 bridgehead atoms. The zero-order valence-electron chi connectivity index (χ0n) is 13.3. The lowest BCUT2D eigenvalue weighted by molar-refractivity contribution is 0.0931. The minimum Gasteiger partial charge on any atom is -0.345 e. The Labute approximate surface area is 141 Å². The minimum atomic E-state index is -0.0204. The highest BCUT2D eigenvalue weighted by molar-refractivity contribution is 5.94. The quantitative estimate of drug-likeness (QED) is 0.779. The van der Waals surface area contributed by atoms with E-state index in [1.807, 2.05) is 53.2 Å². The molecule has 0 saturated heterocycles. The van der Waals surface area contributed by atoms with E-state index >= 15 is 0 Å². The van der Waals surface area contributed by atoms with E-state index in [-0.39, 0.29) is 11.9 Å². The van der Waals surface area contributed by atoms with Gasteiger partial charge in [-0.2, -0.15) is 0 Å². The number of hydrogen-bond donors (Lipinski definition) is 1. The molecule has 4 rings (SSSR count). The van der Waals surface area contributed by atoms with Crippen LogP contribution in [-0.2, 0) is 0 Å². The average molecular weight is 317 g/mol. The van der Waals surface area contributed by atoms with Crippen molar-refractivity contribution >= 4 is 5.91 Å². The molecule has 4 heteroatoms. The molecule has 24 heavy (non-hydrogen) atoms. The molecule has 0 spiro atoms. The zero-order chi connectivity index (χ0) is 16.4. The van der Waals surface area contributed by atoms with Crippen LogP contribution in [-0.4, -0.2) is 15.5 Å². The van der Waals surface area contributed by atoms with Crippen LogP contribution in [0.15, 0.2) is 73.3 Å². The largest absolute Gasteiger partial charge is 0.345 e. The zero-order valence-corrected chi connectivity index (χ0v) is 13.3. The first-order valence-corrected chi connectivity index (χ1v) is 8.25. The molecule has 1 aliphatic carbocycles. The summed E-state index contributed by atoms with van der Waals surface area (Å²) in [6.45, 7) is 0. The summed E-state index contributed by atoms with van der Waals surface area (Å²) in [7, 11) is 0. The maximum absolute atomic E-state index is 12.6. The van der Waals surface area contributed by atoms with E-state index in [2.05, 4.69) is 22.4 Å². The fourth-order valence-corrected chi connectivity index (χ4v) is 2.98. The molecular formula is C20H19N3O. The number of rotatable bonds is 5. The Bertz CT molecular complexity index is 806. The van der Waals surface area contributed by atoms with Gasteiger partial charge in [0, 0.05) is 23.6 Å². The molecule has 1 unspecified atom stereocenters. The van der Waals surface area contributed by atoms with Crippen molar-refractivity contribution in [1.82, 2.24) is 14.9 Å². The SMILES string of the molecule is O=C(NC(c1ccccc1)C1CC1)c1ccc(-n2ccnc2)cc1. The molecule has 1 saturated carbocycles. The molecule has 1 N–H and O–H groups in total. The minimum absolute atomic E-state index is 0.0204. The van der Waals surface area contributed by atoms with E-state index in [0.717, 1.165) is 5.69 Å². The lowest BCUT2D eigenvalue weighted by Crippen LogP contribution is -2.29. The number of carbonyl (C=O) groups excluding carboxylic acids is 1. The van der Waals surface area contributed by atoms with E-state index in [1.165, 1.54) is 18.4 Å². The van der Waals surface area contributed by atoms with Crippen molar-refractivity contribution in [2.75, 3.05) is 0 Å². The van der Waals surface area contributed by atoms with Gasteiger partial charge in [-0.1, -0.05) is 30.3 Å². The number of amides is 1. The van der Waals surface area contributed by atoms with Crippen LogP contribution in [0.4, 0.5) is 0 Å². The summed E-state index contributed by atoms with van der Waals surface area (Å²) >= 11 is 0. The summed E-state index contributed by atoms with van der Waals surface area (Å²) < 4.78 is 1.92. The topological polar surface area (TPSA) is 46.9 Å². The van der Waals surface area contributed by atoms with Crippen LogP contribution in [0.2, 0.25) is 0 Å². The van der Waals surface area contributed by atoms with Crippen molar-refractivity contribution in [1.29, 1.82) is 0 Å². The Morgan fingerprint density at radius 1 is 1.08 bits per heavy atom. The molecule has 0 radical (unpaired) electrons. The number of hydrogen-bond acceptors (Lipinski definition) is 2. The van der Waals surface area contributed by atoms with E-state index in [9.17, 15) is 4.79 Å². The van der Waals surface area contributed by atoms with Crippen molar-refractivity contribution < 1.29 is 4.79 Å². The summed E-state index contributed by atoms with van der Waals surface area (Å²) in [5.74, 6) is 0.537. The van der Waals surface area contributed by atoms with Crippen LogP contribution in [0.25, 0.3) is 5.69 Å². The van der Waals surface area contributed by atoms with Gasteiger partial charge in [0.25, 0.3) is 5.91 Å². The highest BCUT2D eigenvalue weighted by Crippen LogP contribution is 2.41. The first kappa shape index (κ1) is 14.7. The Morgan fingerprint density at radius 3 is 2.46 bits per heavy atom. The number of benzene rings is 2. The lowest BCUT2D eigenvalue weighted by atomic mass is 10.0. The van der Waals surface area contributed by atoms with E-state index in [1.54, 1.807) is 12.5 Å². The first-order chi connectivity index (χ1) is 11.8. The normalized spacial score (nSPS) is 15.0. The second kappa shape index (κ2) is 6.32. The third-order valence-electron chi connectivity index (χ3n) is 4.47. The maximum Gasteiger partial charge on any atom is 0.251 e. The van der Waals surface area contributed by atoms with Crippen LogP contribution >= 0.6 is 0 Å². The fourth-order valence-electron chi connectivity index (χ4n) is 2.98. The molecule has 0 aliphatic heterocycles. The summed E-state index contributed by atoms with van der Waals surface area (Å²) in [5.41, 5.74) is 2.86. The molecule has 1 aromatic heterocycles. The standard InChI is InChI=1S/C20H19N3O/c24-20(17-8-10-18(11-9-17)23-13-12-21-14-23)22-19(16-6-7-16)15-4-2-1-3-5-15/h1-5,8-14,16,19H,6-7H2,(H,22,24). The number of nitrogens with one attached hydrogen (secondary N) is 1. The molecule has 120 valence electrons. The Hall–Kier alpha value is -2.88. The summed E-state index contributed by atoms with van der Waals surface area (Å²) in [6, 6.07) is 17.9. The summed E-state index contributed by atoms with van der Waals surface area (Å²) in [6.07, 6.45) is 7.72. The molecule has 2 aromatic carbocycles. The fraction of sp³-hybridized carbons (Fsp3) is 0.200. The Balaban J connectivity index is 1.51. The van der Waals surface area contributed by atoms with E-state index in [4.69, 9.17) is 0 Å². The van der Waals surface area contributed by atoms with Crippen molar-refractivity contribution in [3.05, 3.63) is 84.4 Å². The third-order valence-corrected chi connectivity index (χ3v) is 4.47. The van der Waals surface area contributed by atoms with Gasteiger partial charge < -0.3 is 9.88 Å². The van der Waals surface area contributed by atoms with Gasteiger partial charge in [0.05, 0.1) is 12.4 Å². The first-order valence-electron chi connectivity index (χ1n) is 8.25. The van der Waals surface area contributed by atoms with Crippen molar-refractivity contribution in [2.45, 2.75) is 18.9 Å². The predicted molar refractivity (Wildman–Crippen MR) is 92.9 cm³/mol. The van der Waals surface area contributed by atoms with Gasteiger partial charge in [0.2, 0.25) is 0 Å². The van der Waals surface area contributed by atoms with Gasteiger partial charge >= 0.3 is 0 Å². The number of nitrogens with zero attached hydrogens (tertiary/aromatic N) is 2. The van der Waals surface area contributed by atoms with Crippen molar-refractivity contribution in [3.8, 4) is 5.69 Å². The molecule has 3 aromatic rings. The van der Waals surface area contributed by atoms with Gasteiger partial charge in [-0.15, -0.1) is 0 Å². The molecular weight excluding hydrogens is 298 g/mol. The van der Waals surface area contributed by atoms with E-state index < -0.39 is 0 Å². The van der Waals surface area contributed by atoms with Crippen molar-refractivity contribution in [2.24, 2.45) is 5.92 Å². The van der Waals surface area contributed by atoms with Crippen LogP contribution < -0.4 is 5.32 Å². The maximum atomic E-state index is 12.6. The highest BCUT2D eigenvalue weighted by Gasteiger charge is 2.33. The third kappa shape index (κ3) is 3.08. The monoisotopic (exact) mass is 317 g/mol. The second-order valence-corrected chi connectivity index (χ2v) is 6.22. The molecule has 1 atom stereocenters. The van der Waals surface area contributed by atoms with Crippen molar-refractivity contribution in [3.63, 3.8) is 0 Å². The molecule has 1 amide bonds. The molecule has 4 nitrogen and oxygen atoms in total. The van der Waals surface area contributed by atoms with Gasteiger partial charge in [0.15, 0.2) is 0 Å². The van der Waals surface area contributed by atoms with E-state index in [0.29, 0.717) is 11.5 Å². The van der Waals surface area contributed by atoms with Crippen LogP contribution in [0.1, 0.15) is 34.8 Å². The summed E-state index contributed by atoms with van der Waals surface area (Å²) in [4.78, 5) is 16.7. The number of imidazole rings is 1. The smallest absolute Gasteiger partial charge is 0.251 e. The molecule has 1 heterocycles. The van der Waals surface area contributed by atoms with Gasteiger partial charge in [-0.25, -0.2) is 4.98 Å². The molecule has 1 aliphatic rings. The number of aromatic nitrogens is 2. The Morgan fingerprint density at radius 2 is 1.83 bits per heavy atom. The van der Waals surface area contributed by atoms with Crippen LogP contribution in [0, 0.1) is 5.92 Å². The Kier molecular flexibility index (Phi) is 3.87. The lowest BCUT2D eigenvalue weighted by Gasteiger charge is -2.19. The second-order valence-electron chi connectivity index (χ2n) is 6.22. The average Bonchev–Trinajstić information content (AvgIpc) is 3.33. The summed E-state index contributed by atoms with van der Waals surface area (Å²) in [5, 5.41) is 3.21. The van der Waals surface area contributed by atoms with Gasteiger partial charge in [-0.3, -0.25) is 4.79 Å².